The summed E-state index contributed by atoms with van der Waals surface area (Å²) in [5.74, 6) is -1.67. The lowest BCUT2D eigenvalue weighted by Crippen LogP contribution is -2.19. The minimum Gasteiger partial charge on any atom is -0.479 e. The van der Waals surface area contributed by atoms with Gasteiger partial charge in [-0.05, 0) is 24.6 Å². The first-order valence-corrected chi connectivity index (χ1v) is 4.57. The summed E-state index contributed by atoms with van der Waals surface area (Å²) in [6, 6.07) is 5.64. The monoisotopic (exact) mass is 223 g/mol. The van der Waals surface area contributed by atoms with Crippen LogP contribution in [0.1, 0.15) is 18.1 Å². The van der Waals surface area contributed by atoms with Crippen molar-refractivity contribution in [2.45, 2.75) is 19.6 Å². The molecule has 1 aromatic carbocycles. The number of carbonyl (C=O) groups is 1. The Hall–Kier alpha value is -1.93. The third-order valence-electron chi connectivity index (χ3n) is 2.00. The van der Waals surface area contributed by atoms with E-state index in [1.165, 1.54) is 19.1 Å². The van der Waals surface area contributed by atoms with Crippen LogP contribution in [0.3, 0.4) is 0 Å². The molecule has 0 aliphatic heterocycles. The Bertz CT molecular complexity index is 439. The number of hydrogen-bond donors (Lipinski definition) is 1. The molecule has 0 saturated carbocycles. The topological polar surface area (TPSA) is 70.3 Å². The number of aliphatic carboxylic acids is 1. The first-order valence-electron chi connectivity index (χ1n) is 4.57. The highest BCUT2D eigenvalue weighted by Crippen LogP contribution is 2.11. The Morgan fingerprint density at radius 3 is 2.94 bits per heavy atom. The first-order chi connectivity index (χ1) is 7.54. The van der Waals surface area contributed by atoms with Gasteiger partial charge in [0.15, 0.2) is 6.10 Å². The Balaban J connectivity index is 2.69. The fourth-order valence-electron chi connectivity index (χ4n) is 1.04. The molecular formula is C11H10FNO3. The van der Waals surface area contributed by atoms with Crippen molar-refractivity contribution in [2.24, 2.45) is 0 Å². The lowest BCUT2D eigenvalue weighted by atomic mass is 10.1. The van der Waals surface area contributed by atoms with E-state index in [0.717, 1.165) is 6.07 Å². The Morgan fingerprint density at radius 2 is 2.38 bits per heavy atom. The number of carboxylic acids is 1. The molecule has 0 radical (unpaired) electrons. The van der Waals surface area contributed by atoms with Crippen LogP contribution in [0.15, 0.2) is 18.2 Å². The van der Waals surface area contributed by atoms with Crippen LogP contribution in [-0.2, 0) is 16.1 Å². The lowest BCUT2D eigenvalue weighted by Gasteiger charge is -2.08. The minimum absolute atomic E-state index is 0.0302. The molecule has 1 rings (SSSR count). The van der Waals surface area contributed by atoms with Gasteiger partial charge in [-0.3, -0.25) is 0 Å². The summed E-state index contributed by atoms with van der Waals surface area (Å²) in [5.41, 5.74) is 0.482. The molecule has 0 fully saturated rings. The number of carboxylic acid groups (broad SMARTS) is 1. The van der Waals surface area contributed by atoms with E-state index in [-0.39, 0.29) is 12.2 Å². The van der Waals surface area contributed by atoms with Crippen LogP contribution in [0.2, 0.25) is 0 Å². The summed E-state index contributed by atoms with van der Waals surface area (Å²) in [6.45, 7) is 1.43. The van der Waals surface area contributed by atoms with Crippen LogP contribution in [-0.4, -0.2) is 17.2 Å². The summed E-state index contributed by atoms with van der Waals surface area (Å²) in [4.78, 5) is 10.5. The molecule has 5 heteroatoms. The molecule has 4 nitrogen and oxygen atoms in total. The van der Waals surface area contributed by atoms with Crippen LogP contribution < -0.4 is 0 Å². The van der Waals surface area contributed by atoms with Crippen LogP contribution >= 0.6 is 0 Å². The maximum atomic E-state index is 12.9. The van der Waals surface area contributed by atoms with Gasteiger partial charge in [-0.1, -0.05) is 6.07 Å². The van der Waals surface area contributed by atoms with Crippen molar-refractivity contribution < 1.29 is 19.0 Å². The van der Waals surface area contributed by atoms with Gasteiger partial charge in [0.2, 0.25) is 0 Å². The van der Waals surface area contributed by atoms with Gasteiger partial charge in [0, 0.05) is 0 Å². The molecular weight excluding hydrogens is 213 g/mol. The van der Waals surface area contributed by atoms with Crippen molar-refractivity contribution in [2.75, 3.05) is 0 Å². The van der Waals surface area contributed by atoms with Crippen LogP contribution in [0.25, 0.3) is 0 Å². The molecule has 1 N–H and O–H groups in total. The zero-order chi connectivity index (χ0) is 12.1. The second-order valence-electron chi connectivity index (χ2n) is 3.22. The quantitative estimate of drug-likeness (QED) is 0.843. The molecule has 0 amide bonds. The molecule has 16 heavy (non-hydrogen) atoms. The molecule has 0 heterocycles. The number of hydrogen-bond acceptors (Lipinski definition) is 3. The van der Waals surface area contributed by atoms with Gasteiger partial charge in [-0.25, -0.2) is 9.18 Å². The zero-order valence-corrected chi connectivity index (χ0v) is 8.61. The number of nitriles is 1. The molecule has 84 valence electrons. The highest BCUT2D eigenvalue weighted by Gasteiger charge is 2.11. The fraction of sp³-hybridized carbons (Fsp3) is 0.273. The van der Waals surface area contributed by atoms with Crippen molar-refractivity contribution in [3.63, 3.8) is 0 Å². The van der Waals surface area contributed by atoms with Gasteiger partial charge in [0.1, 0.15) is 11.9 Å². The molecule has 0 aliphatic carbocycles. The van der Waals surface area contributed by atoms with E-state index in [2.05, 4.69) is 0 Å². The maximum Gasteiger partial charge on any atom is 0.332 e. The summed E-state index contributed by atoms with van der Waals surface area (Å²) in [7, 11) is 0. The SMILES string of the molecule is CC(OCc1ccc(F)c(C#N)c1)C(=O)O. The van der Waals surface area contributed by atoms with Crippen LogP contribution in [0.5, 0.6) is 0 Å². The maximum absolute atomic E-state index is 12.9. The molecule has 0 bridgehead atoms. The van der Waals surface area contributed by atoms with E-state index in [1.54, 1.807) is 6.07 Å². The number of ether oxygens (including phenoxy) is 1. The second-order valence-corrected chi connectivity index (χ2v) is 3.22. The minimum atomic E-state index is -1.07. The summed E-state index contributed by atoms with van der Waals surface area (Å²) >= 11 is 0. The molecule has 1 atom stereocenters. The smallest absolute Gasteiger partial charge is 0.332 e. The number of halogens is 1. The van der Waals surface area contributed by atoms with Gasteiger partial charge in [-0.15, -0.1) is 0 Å². The first kappa shape index (κ1) is 12.1. The van der Waals surface area contributed by atoms with Crippen molar-refractivity contribution in [3.05, 3.63) is 35.1 Å². The van der Waals surface area contributed by atoms with Crippen molar-refractivity contribution in [3.8, 4) is 6.07 Å². The Kier molecular flexibility index (Phi) is 3.97. The summed E-state index contributed by atoms with van der Waals surface area (Å²) < 4.78 is 17.9. The van der Waals surface area contributed by atoms with Crippen LogP contribution in [0, 0.1) is 17.1 Å². The highest BCUT2D eigenvalue weighted by molar-refractivity contribution is 5.71. The fourth-order valence-corrected chi connectivity index (χ4v) is 1.04. The van der Waals surface area contributed by atoms with Gasteiger partial charge in [-0.2, -0.15) is 5.26 Å². The predicted molar refractivity (Wildman–Crippen MR) is 53.0 cm³/mol. The van der Waals surface area contributed by atoms with Crippen molar-refractivity contribution in [1.29, 1.82) is 5.26 Å². The summed E-state index contributed by atoms with van der Waals surface area (Å²) in [5, 5.41) is 17.2. The van der Waals surface area contributed by atoms with Crippen molar-refractivity contribution >= 4 is 5.97 Å². The lowest BCUT2D eigenvalue weighted by molar-refractivity contribution is -0.149. The number of nitrogens with zero attached hydrogens (tertiary/aromatic N) is 1. The Morgan fingerprint density at radius 1 is 1.69 bits per heavy atom. The average Bonchev–Trinajstić information content (AvgIpc) is 2.27. The molecule has 0 aliphatic rings. The van der Waals surface area contributed by atoms with Gasteiger partial charge >= 0.3 is 5.97 Å². The average molecular weight is 223 g/mol. The van der Waals surface area contributed by atoms with E-state index in [1.807, 2.05) is 0 Å². The van der Waals surface area contributed by atoms with E-state index in [9.17, 15) is 9.18 Å². The highest BCUT2D eigenvalue weighted by atomic mass is 19.1. The van der Waals surface area contributed by atoms with E-state index in [4.69, 9.17) is 15.1 Å². The van der Waals surface area contributed by atoms with Crippen molar-refractivity contribution in [1.82, 2.24) is 0 Å². The summed E-state index contributed by atoms with van der Waals surface area (Å²) in [6.07, 6.45) is -0.935. The molecule has 1 aromatic rings. The standard InChI is InChI=1S/C11H10FNO3/c1-7(11(14)15)16-6-8-2-3-10(12)9(4-8)5-13/h2-4,7H,6H2,1H3,(H,14,15). The molecule has 1 unspecified atom stereocenters. The molecule has 0 aromatic heterocycles. The zero-order valence-electron chi connectivity index (χ0n) is 8.61. The molecule has 0 saturated heterocycles. The Labute approximate surface area is 91.9 Å². The predicted octanol–water partition coefficient (Wildman–Crippen LogP) is 1.69. The van der Waals surface area contributed by atoms with E-state index in [0.29, 0.717) is 5.56 Å². The van der Waals surface area contributed by atoms with Crippen LogP contribution in [0.4, 0.5) is 4.39 Å². The second kappa shape index (κ2) is 5.24. The third kappa shape index (κ3) is 3.04. The van der Waals surface area contributed by atoms with E-state index < -0.39 is 17.9 Å². The normalized spacial score (nSPS) is 11.8. The molecule has 0 spiro atoms. The van der Waals surface area contributed by atoms with Gasteiger partial charge in [0.05, 0.1) is 12.2 Å². The number of benzene rings is 1. The van der Waals surface area contributed by atoms with Gasteiger partial charge in [0.25, 0.3) is 0 Å². The largest absolute Gasteiger partial charge is 0.479 e. The van der Waals surface area contributed by atoms with Gasteiger partial charge < -0.3 is 9.84 Å². The van der Waals surface area contributed by atoms with E-state index >= 15 is 0 Å². The third-order valence-corrected chi connectivity index (χ3v) is 2.00. The number of rotatable bonds is 4.